The van der Waals surface area contributed by atoms with Crippen LogP contribution in [-0.4, -0.2) is 27.9 Å². The van der Waals surface area contributed by atoms with E-state index in [1.54, 1.807) is 31.2 Å². The van der Waals surface area contributed by atoms with E-state index < -0.39 is 5.97 Å². The van der Waals surface area contributed by atoms with E-state index in [1.165, 1.54) is 11.7 Å². The molecule has 21 heavy (non-hydrogen) atoms. The summed E-state index contributed by atoms with van der Waals surface area (Å²) in [5.41, 5.74) is 0.217. The number of nitriles is 1. The van der Waals surface area contributed by atoms with E-state index in [1.807, 2.05) is 0 Å². The maximum absolute atomic E-state index is 12.5. The Morgan fingerprint density at radius 1 is 1.52 bits per heavy atom. The molecule has 1 aromatic heterocycles. The van der Waals surface area contributed by atoms with Gasteiger partial charge in [-0.15, -0.1) is 0 Å². The molecule has 0 radical (unpaired) electrons. The number of esters is 1. The zero-order valence-corrected chi connectivity index (χ0v) is 12.4. The van der Waals surface area contributed by atoms with Gasteiger partial charge in [0, 0.05) is 0 Å². The molecule has 2 aromatic rings. The highest BCUT2D eigenvalue weighted by Crippen LogP contribution is 2.21. The molecule has 0 aliphatic rings. The SMILES string of the molecule is COC(=O)Cn1c(S[C@@H](C)C#N)nc2ccccc2c1=O. The normalized spacial score (nSPS) is 11.9. The molecule has 0 fully saturated rings. The summed E-state index contributed by atoms with van der Waals surface area (Å²) < 4.78 is 5.85. The summed E-state index contributed by atoms with van der Waals surface area (Å²) in [6.07, 6.45) is 0. The van der Waals surface area contributed by atoms with Gasteiger partial charge in [0.1, 0.15) is 6.54 Å². The predicted molar refractivity (Wildman–Crippen MR) is 79.0 cm³/mol. The molecule has 0 amide bonds. The van der Waals surface area contributed by atoms with Crippen LogP contribution in [0.5, 0.6) is 0 Å². The van der Waals surface area contributed by atoms with Crippen molar-refractivity contribution < 1.29 is 9.53 Å². The average molecular weight is 303 g/mol. The smallest absolute Gasteiger partial charge is 0.325 e. The van der Waals surface area contributed by atoms with Crippen LogP contribution in [0.3, 0.4) is 0 Å². The minimum atomic E-state index is -0.541. The molecule has 108 valence electrons. The van der Waals surface area contributed by atoms with Gasteiger partial charge in [-0.2, -0.15) is 5.26 Å². The first-order valence-corrected chi connectivity index (χ1v) is 7.07. The molecule has 1 atom stereocenters. The highest BCUT2D eigenvalue weighted by atomic mass is 32.2. The quantitative estimate of drug-likeness (QED) is 0.484. The maximum atomic E-state index is 12.5. The van der Waals surface area contributed by atoms with Crippen LogP contribution in [0.2, 0.25) is 0 Å². The molecule has 0 bridgehead atoms. The first kappa shape index (κ1) is 15.1. The van der Waals surface area contributed by atoms with Crippen LogP contribution in [0.25, 0.3) is 10.9 Å². The third kappa shape index (κ3) is 3.23. The Morgan fingerprint density at radius 3 is 2.90 bits per heavy atom. The fourth-order valence-corrected chi connectivity index (χ4v) is 2.55. The number of fused-ring (bicyclic) bond motifs is 1. The van der Waals surface area contributed by atoms with E-state index >= 15 is 0 Å². The minimum absolute atomic E-state index is 0.229. The molecular formula is C14H13N3O3S. The lowest BCUT2D eigenvalue weighted by molar-refractivity contribution is -0.141. The molecule has 0 aliphatic carbocycles. The number of benzene rings is 1. The molecule has 7 heteroatoms. The second-order valence-electron chi connectivity index (χ2n) is 4.27. The number of para-hydroxylation sites is 1. The lowest BCUT2D eigenvalue weighted by Crippen LogP contribution is -2.27. The van der Waals surface area contributed by atoms with Gasteiger partial charge in [0.25, 0.3) is 5.56 Å². The molecule has 6 nitrogen and oxygen atoms in total. The van der Waals surface area contributed by atoms with Crippen molar-refractivity contribution in [1.82, 2.24) is 9.55 Å². The van der Waals surface area contributed by atoms with Crippen LogP contribution >= 0.6 is 11.8 Å². The molecule has 0 saturated heterocycles. The third-order valence-electron chi connectivity index (χ3n) is 2.81. The van der Waals surface area contributed by atoms with Crippen LogP contribution in [0.15, 0.2) is 34.2 Å². The van der Waals surface area contributed by atoms with Gasteiger partial charge in [0.2, 0.25) is 0 Å². The second-order valence-corrected chi connectivity index (χ2v) is 5.58. The van der Waals surface area contributed by atoms with E-state index in [0.717, 1.165) is 11.8 Å². The van der Waals surface area contributed by atoms with Crippen molar-refractivity contribution in [2.75, 3.05) is 7.11 Å². The van der Waals surface area contributed by atoms with E-state index in [2.05, 4.69) is 15.8 Å². The number of thioether (sulfide) groups is 1. The number of nitrogens with zero attached hydrogens (tertiary/aromatic N) is 3. The van der Waals surface area contributed by atoms with Crippen LogP contribution < -0.4 is 5.56 Å². The van der Waals surface area contributed by atoms with E-state index in [9.17, 15) is 9.59 Å². The molecule has 0 saturated carbocycles. The molecule has 0 unspecified atom stereocenters. The van der Waals surface area contributed by atoms with Gasteiger partial charge in [0.05, 0.1) is 29.3 Å². The van der Waals surface area contributed by atoms with Crippen molar-refractivity contribution in [3.8, 4) is 6.07 Å². The van der Waals surface area contributed by atoms with Crippen LogP contribution in [-0.2, 0) is 16.1 Å². The highest BCUT2D eigenvalue weighted by Gasteiger charge is 2.16. The largest absolute Gasteiger partial charge is 0.468 e. The van der Waals surface area contributed by atoms with Gasteiger partial charge in [-0.05, 0) is 19.1 Å². The number of ether oxygens (including phenoxy) is 1. The number of methoxy groups -OCH3 is 1. The average Bonchev–Trinajstić information content (AvgIpc) is 2.50. The maximum Gasteiger partial charge on any atom is 0.325 e. The Kier molecular flexibility index (Phi) is 4.60. The van der Waals surface area contributed by atoms with E-state index in [-0.39, 0.29) is 17.4 Å². The van der Waals surface area contributed by atoms with Gasteiger partial charge >= 0.3 is 5.97 Å². The zero-order chi connectivity index (χ0) is 15.4. The van der Waals surface area contributed by atoms with Crippen molar-refractivity contribution in [2.24, 2.45) is 0 Å². The summed E-state index contributed by atoms with van der Waals surface area (Å²) >= 11 is 1.13. The fourth-order valence-electron chi connectivity index (χ4n) is 1.76. The molecule has 2 rings (SSSR count). The van der Waals surface area contributed by atoms with E-state index in [4.69, 9.17) is 5.26 Å². The topological polar surface area (TPSA) is 85.0 Å². The van der Waals surface area contributed by atoms with Crippen molar-refractivity contribution in [1.29, 1.82) is 5.26 Å². The number of hydrogen-bond acceptors (Lipinski definition) is 6. The zero-order valence-electron chi connectivity index (χ0n) is 11.6. The van der Waals surface area contributed by atoms with Gasteiger partial charge in [-0.3, -0.25) is 14.2 Å². The lowest BCUT2D eigenvalue weighted by Gasteiger charge is -2.12. The van der Waals surface area contributed by atoms with Gasteiger partial charge in [-0.25, -0.2) is 4.98 Å². The van der Waals surface area contributed by atoms with E-state index in [0.29, 0.717) is 16.1 Å². The lowest BCUT2D eigenvalue weighted by atomic mass is 10.2. The first-order chi connectivity index (χ1) is 10.1. The van der Waals surface area contributed by atoms with Crippen LogP contribution in [0.1, 0.15) is 6.92 Å². The Morgan fingerprint density at radius 2 is 2.24 bits per heavy atom. The molecular weight excluding hydrogens is 290 g/mol. The molecule has 0 N–H and O–H groups in total. The summed E-state index contributed by atoms with van der Waals surface area (Å²) in [5, 5.41) is 9.29. The van der Waals surface area contributed by atoms with Crippen molar-refractivity contribution in [3.63, 3.8) is 0 Å². The van der Waals surface area contributed by atoms with Gasteiger partial charge < -0.3 is 4.74 Å². The Hall–Kier alpha value is -2.33. The Balaban J connectivity index is 2.62. The van der Waals surface area contributed by atoms with Crippen molar-refractivity contribution >= 4 is 28.6 Å². The first-order valence-electron chi connectivity index (χ1n) is 6.19. The molecule has 0 aliphatic heterocycles. The summed E-state index contributed by atoms with van der Waals surface area (Å²) in [6.45, 7) is 1.47. The fraction of sp³-hybridized carbons (Fsp3) is 0.286. The van der Waals surface area contributed by atoms with Gasteiger partial charge in [0.15, 0.2) is 5.16 Å². The monoisotopic (exact) mass is 303 g/mol. The molecule has 0 spiro atoms. The number of carbonyl (C=O) groups is 1. The minimum Gasteiger partial charge on any atom is -0.468 e. The van der Waals surface area contributed by atoms with Crippen molar-refractivity contribution in [3.05, 3.63) is 34.6 Å². The molecule has 1 heterocycles. The van der Waals surface area contributed by atoms with Crippen LogP contribution in [0, 0.1) is 11.3 Å². The summed E-state index contributed by atoms with van der Waals surface area (Å²) in [6, 6.07) is 8.96. The predicted octanol–water partition coefficient (Wildman–Crippen LogP) is 1.57. The third-order valence-corrected chi connectivity index (χ3v) is 3.79. The number of carbonyl (C=O) groups excluding carboxylic acids is 1. The van der Waals surface area contributed by atoms with Gasteiger partial charge in [-0.1, -0.05) is 23.9 Å². The standard InChI is InChI=1S/C14H13N3O3S/c1-9(7-15)21-14-16-11-6-4-3-5-10(11)13(19)17(14)8-12(18)20-2/h3-6,9H,8H2,1-2H3/t9-/m0/s1. The summed E-state index contributed by atoms with van der Waals surface area (Å²) in [7, 11) is 1.26. The summed E-state index contributed by atoms with van der Waals surface area (Å²) in [5.74, 6) is -0.541. The highest BCUT2D eigenvalue weighted by molar-refractivity contribution is 8.00. The Bertz CT molecular complexity index is 779. The van der Waals surface area contributed by atoms with Crippen molar-refractivity contribution in [2.45, 2.75) is 23.9 Å². The summed E-state index contributed by atoms with van der Waals surface area (Å²) in [4.78, 5) is 28.4. The number of aromatic nitrogens is 2. The molecule has 1 aromatic carbocycles. The second kappa shape index (κ2) is 6.41. The Labute approximate surface area is 125 Å². The number of rotatable bonds is 4. The number of hydrogen-bond donors (Lipinski definition) is 0. The van der Waals surface area contributed by atoms with Crippen LogP contribution in [0.4, 0.5) is 0 Å².